The average Bonchev–Trinajstić information content (AvgIpc) is 3.06. The predicted molar refractivity (Wildman–Crippen MR) is 85.0 cm³/mol. The summed E-state index contributed by atoms with van der Waals surface area (Å²) in [5.41, 5.74) is 3.70. The van der Waals surface area contributed by atoms with Gasteiger partial charge in [-0.2, -0.15) is 0 Å². The van der Waals surface area contributed by atoms with E-state index in [9.17, 15) is 0 Å². The van der Waals surface area contributed by atoms with Crippen LogP contribution < -0.4 is 4.90 Å². The summed E-state index contributed by atoms with van der Waals surface area (Å²) in [6.07, 6.45) is 2.59. The van der Waals surface area contributed by atoms with Crippen molar-refractivity contribution < 1.29 is 0 Å². The number of aliphatic imine (C=N–C) groups is 1. The summed E-state index contributed by atoms with van der Waals surface area (Å²) in [5, 5.41) is 0. The number of rotatable bonds is 2. The highest BCUT2D eigenvalue weighted by Crippen LogP contribution is 2.34. The Kier molecular flexibility index (Phi) is 3.55. The first-order chi connectivity index (χ1) is 9.66. The number of nitrogens with zero attached hydrogens (tertiary/aromatic N) is 4. The summed E-state index contributed by atoms with van der Waals surface area (Å²) < 4.78 is 0. The number of para-hydroxylation sites is 1. The van der Waals surface area contributed by atoms with Gasteiger partial charge in [-0.05, 0) is 31.4 Å². The van der Waals surface area contributed by atoms with Gasteiger partial charge in [-0.25, -0.2) is 4.99 Å². The van der Waals surface area contributed by atoms with Gasteiger partial charge < -0.3 is 14.7 Å². The Bertz CT molecular complexity index is 505. The van der Waals surface area contributed by atoms with Gasteiger partial charge in [0.05, 0.1) is 11.4 Å². The van der Waals surface area contributed by atoms with E-state index in [4.69, 9.17) is 4.99 Å². The Balaban J connectivity index is 2.01. The molecule has 0 aromatic heterocycles. The molecule has 108 valence electrons. The van der Waals surface area contributed by atoms with Crippen LogP contribution in [-0.2, 0) is 0 Å². The maximum atomic E-state index is 4.99. The minimum absolute atomic E-state index is 1.06. The Labute approximate surface area is 121 Å². The van der Waals surface area contributed by atoms with Crippen molar-refractivity contribution in [3.8, 4) is 0 Å². The molecule has 0 saturated carbocycles. The van der Waals surface area contributed by atoms with Crippen molar-refractivity contribution in [2.75, 3.05) is 45.2 Å². The fourth-order valence-electron chi connectivity index (χ4n) is 3.06. The fraction of sp³-hybridized carbons (Fsp3) is 0.562. The molecule has 0 N–H and O–H groups in total. The van der Waals surface area contributed by atoms with Crippen LogP contribution in [0, 0.1) is 6.92 Å². The third-order valence-corrected chi connectivity index (χ3v) is 4.33. The Morgan fingerprint density at radius 2 is 1.60 bits per heavy atom. The third-order valence-electron chi connectivity index (χ3n) is 4.33. The quantitative estimate of drug-likeness (QED) is 0.825. The van der Waals surface area contributed by atoms with E-state index in [0.717, 1.165) is 37.8 Å². The van der Waals surface area contributed by atoms with Gasteiger partial charge in [0.2, 0.25) is 5.96 Å². The van der Waals surface area contributed by atoms with Crippen LogP contribution in [0.2, 0.25) is 0 Å². The zero-order chi connectivity index (χ0) is 14.1. The smallest absolute Gasteiger partial charge is 0.201 e. The molecule has 0 atom stereocenters. The van der Waals surface area contributed by atoms with Crippen LogP contribution >= 0.6 is 0 Å². The van der Waals surface area contributed by atoms with Crippen LogP contribution in [0.5, 0.6) is 0 Å². The summed E-state index contributed by atoms with van der Waals surface area (Å²) in [4.78, 5) is 11.9. The van der Waals surface area contributed by atoms with E-state index in [1.807, 2.05) is 0 Å². The van der Waals surface area contributed by atoms with Gasteiger partial charge in [-0.1, -0.05) is 12.1 Å². The number of hydrogen-bond donors (Lipinski definition) is 0. The van der Waals surface area contributed by atoms with E-state index in [2.05, 4.69) is 53.9 Å². The van der Waals surface area contributed by atoms with Crippen LogP contribution in [0.3, 0.4) is 0 Å². The Morgan fingerprint density at radius 1 is 0.950 bits per heavy atom. The SMILES string of the molecule is Cc1cccc(N2CCCC2)c1N=C1N(C)CCN1C. The highest BCUT2D eigenvalue weighted by molar-refractivity contribution is 5.87. The minimum atomic E-state index is 1.06. The van der Waals surface area contributed by atoms with Crippen molar-refractivity contribution in [2.24, 2.45) is 4.99 Å². The van der Waals surface area contributed by atoms with E-state index in [1.54, 1.807) is 0 Å². The summed E-state index contributed by atoms with van der Waals surface area (Å²) in [7, 11) is 4.24. The van der Waals surface area contributed by atoms with Gasteiger partial charge in [0.25, 0.3) is 0 Å². The molecular formula is C16H24N4. The first-order valence-corrected chi connectivity index (χ1v) is 7.52. The first kappa shape index (κ1) is 13.3. The van der Waals surface area contributed by atoms with E-state index in [-0.39, 0.29) is 0 Å². The standard InChI is InChI=1S/C16H24N4/c1-13-7-6-8-14(20-9-4-5-10-20)15(13)17-16-18(2)11-12-19(16)3/h6-8H,4-5,9-12H2,1-3H3. The molecule has 0 bridgehead atoms. The Morgan fingerprint density at radius 3 is 2.25 bits per heavy atom. The second kappa shape index (κ2) is 5.35. The van der Waals surface area contributed by atoms with Crippen LogP contribution in [-0.4, -0.2) is 56.0 Å². The maximum absolute atomic E-state index is 4.99. The molecule has 20 heavy (non-hydrogen) atoms. The lowest BCUT2D eigenvalue weighted by Gasteiger charge is -2.22. The molecule has 1 aromatic carbocycles. The number of anilines is 1. The van der Waals surface area contributed by atoms with E-state index >= 15 is 0 Å². The number of hydrogen-bond acceptors (Lipinski definition) is 2. The van der Waals surface area contributed by atoms with Crippen molar-refractivity contribution in [1.82, 2.24) is 9.80 Å². The first-order valence-electron chi connectivity index (χ1n) is 7.52. The highest BCUT2D eigenvalue weighted by Gasteiger charge is 2.22. The Hall–Kier alpha value is -1.71. The van der Waals surface area contributed by atoms with E-state index in [0.29, 0.717) is 0 Å². The zero-order valence-electron chi connectivity index (χ0n) is 12.8. The minimum Gasteiger partial charge on any atom is -0.370 e. The van der Waals surface area contributed by atoms with Crippen LogP contribution in [0.4, 0.5) is 11.4 Å². The molecule has 0 aliphatic carbocycles. The fourth-order valence-corrected chi connectivity index (χ4v) is 3.06. The van der Waals surface area contributed by atoms with E-state index < -0.39 is 0 Å². The molecule has 0 spiro atoms. The lowest BCUT2D eigenvalue weighted by molar-refractivity contribution is 0.553. The van der Waals surface area contributed by atoms with Crippen molar-refractivity contribution in [3.05, 3.63) is 23.8 Å². The molecular weight excluding hydrogens is 248 g/mol. The molecule has 0 radical (unpaired) electrons. The maximum Gasteiger partial charge on any atom is 0.201 e. The van der Waals surface area contributed by atoms with Gasteiger partial charge in [-0.15, -0.1) is 0 Å². The molecule has 4 nitrogen and oxygen atoms in total. The molecule has 4 heteroatoms. The van der Waals surface area contributed by atoms with Crippen molar-refractivity contribution in [3.63, 3.8) is 0 Å². The lowest BCUT2D eigenvalue weighted by Crippen LogP contribution is -2.28. The van der Waals surface area contributed by atoms with Gasteiger partial charge in [0.1, 0.15) is 0 Å². The van der Waals surface area contributed by atoms with Gasteiger partial charge >= 0.3 is 0 Å². The van der Waals surface area contributed by atoms with Crippen LogP contribution in [0.15, 0.2) is 23.2 Å². The molecule has 2 fully saturated rings. The van der Waals surface area contributed by atoms with E-state index in [1.165, 1.54) is 24.1 Å². The molecule has 2 aliphatic heterocycles. The lowest BCUT2D eigenvalue weighted by atomic mass is 10.1. The summed E-state index contributed by atoms with van der Waals surface area (Å²) in [6.45, 7) is 6.59. The number of likely N-dealkylation sites (N-methyl/N-ethyl adjacent to an activating group) is 2. The summed E-state index contributed by atoms with van der Waals surface area (Å²) in [5.74, 6) is 1.08. The molecule has 0 unspecified atom stereocenters. The summed E-state index contributed by atoms with van der Waals surface area (Å²) >= 11 is 0. The van der Waals surface area contributed by atoms with Crippen LogP contribution in [0.25, 0.3) is 0 Å². The third kappa shape index (κ3) is 2.35. The van der Waals surface area contributed by atoms with Crippen molar-refractivity contribution in [1.29, 1.82) is 0 Å². The molecule has 1 aromatic rings. The topological polar surface area (TPSA) is 22.1 Å². The number of guanidine groups is 1. The largest absolute Gasteiger partial charge is 0.370 e. The number of aryl methyl sites for hydroxylation is 1. The van der Waals surface area contributed by atoms with Gasteiger partial charge in [-0.3, -0.25) is 0 Å². The highest BCUT2D eigenvalue weighted by atomic mass is 15.4. The predicted octanol–water partition coefficient (Wildman–Crippen LogP) is 2.46. The second-order valence-electron chi connectivity index (χ2n) is 5.89. The normalized spacial score (nSPS) is 19.1. The van der Waals surface area contributed by atoms with Gasteiger partial charge in [0, 0.05) is 40.3 Å². The second-order valence-corrected chi connectivity index (χ2v) is 5.89. The van der Waals surface area contributed by atoms with Gasteiger partial charge in [0.15, 0.2) is 0 Å². The number of benzene rings is 1. The van der Waals surface area contributed by atoms with Crippen molar-refractivity contribution in [2.45, 2.75) is 19.8 Å². The molecule has 0 amide bonds. The molecule has 2 heterocycles. The average molecular weight is 272 g/mol. The van der Waals surface area contributed by atoms with Crippen molar-refractivity contribution >= 4 is 17.3 Å². The van der Waals surface area contributed by atoms with Crippen LogP contribution in [0.1, 0.15) is 18.4 Å². The molecule has 2 saturated heterocycles. The molecule has 2 aliphatic rings. The zero-order valence-corrected chi connectivity index (χ0v) is 12.8. The molecule has 3 rings (SSSR count). The summed E-state index contributed by atoms with van der Waals surface area (Å²) in [6, 6.07) is 6.52. The monoisotopic (exact) mass is 272 g/mol.